The summed E-state index contributed by atoms with van der Waals surface area (Å²) in [4.78, 5) is 12.4. The summed E-state index contributed by atoms with van der Waals surface area (Å²) in [6.07, 6.45) is 1.58. The van der Waals surface area contributed by atoms with E-state index in [1.165, 1.54) is 16.8 Å². The van der Waals surface area contributed by atoms with E-state index < -0.39 is 0 Å². The molecule has 0 saturated heterocycles. The Labute approximate surface area is 138 Å². The van der Waals surface area contributed by atoms with Crippen LogP contribution in [0.25, 0.3) is 0 Å². The fourth-order valence-corrected chi connectivity index (χ4v) is 2.57. The van der Waals surface area contributed by atoms with Crippen LogP contribution in [0, 0.1) is 19.7 Å². The van der Waals surface area contributed by atoms with Gasteiger partial charge in [0.25, 0.3) is 5.91 Å². The number of halogens is 1. The molecule has 2 aromatic heterocycles. The lowest BCUT2D eigenvalue weighted by atomic mass is 10.2. The van der Waals surface area contributed by atoms with E-state index >= 15 is 0 Å². The Morgan fingerprint density at radius 1 is 1.21 bits per heavy atom. The van der Waals surface area contributed by atoms with Crippen LogP contribution in [-0.4, -0.2) is 25.5 Å². The van der Waals surface area contributed by atoms with Crippen LogP contribution in [0.4, 0.5) is 10.1 Å². The molecule has 0 aliphatic rings. The first kappa shape index (κ1) is 15.9. The zero-order chi connectivity index (χ0) is 17.3. The van der Waals surface area contributed by atoms with Gasteiger partial charge >= 0.3 is 0 Å². The summed E-state index contributed by atoms with van der Waals surface area (Å²) in [6.45, 7) is 4.24. The molecular weight excluding hydrogens is 309 g/mol. The first-order valence-corrected chi connectivity index (χ1v) is 7.53. The summed E-state index contributed by atoms with van der Waals surface area (Å²) in [5, 5.41) is 11.4. The van der Waals surface area contributed by atoms with Gasteiger partial charge in [-0.1, -0.05) is 12.1 Å². The topological polar surface area (TPSA) is 64.7 Å². The first-order valence-electron chi connectivity index (χ1n) is 7.53. The van der Waals surface area contributed by atoms with Crippen LogP contribution < -0.4 is 5.32 Å². The zero-order valence-electron chi connectivity index (χ0n) is 13.7. The summed E-state index contributed by atoms with van der Waals surface area (Å²) < 4.78 is 16.3. The third kappa shape index (κ3) is 3.05. The lowest BCUT2D eigenvalue weighted by Gasteiger charge is -2.07. The molecule has 1 aromatic carbocycles. The normalized spacial score (nSPS) is 10.8. The molecule has 0 fully saturated rings. The van der Waals surface area contributed by atoms with Crippen LogP contribution in [0.3, 0.4) is 0 Å². The molecule has 0 bridgehead atoms. The summed E-state index contributed by atoms with van der Waals surface area (Å²) in [7, 11) is 1.71. The second kappa shape index (κ2) is 6.27. The minimum Gasteiger partial charge on any atom is -0.317 e. The highest BCUT2D eigenvalue weighted by Crippen LogP contribution is 2.21. The molecule has 0 spiro atoms. The van der Waals surface area contributed by atoms with Gasteiger partial charge in [-0.15, -0.1) is 0 Å². The molecule has 0 unspecified atom stereocenters. The lowest BCUT2D eigenvalue weighted by Crippen LogP contribution is -2.17. The number of rotatable bonds is 4. The zero-order valence-corrected chi connectivity index (χ0v) is 13.7. The Morgan fingerprint density at radius 3 is 2.54 bits per heavy atom. The van der Waals surface area contributed by atoms with E-state index in [4.69, 9.17) is 0 Å². The van der Waals surface area contributed by atoms with Crippen molar-refractivity contribution in [2.75, 3.05) is 5.32 Å². The fraction of sp³-hybridized carbons (Fsp3) is 0.235. The summed E-state index contributed by atoms with van der Waals surface area (Å²) in [6, 6.07) is 7.94. The van der Waals surface area contributed by atoms with Crippen molar-refractivity contribution in [1.29, 1.82) is 0 Å². The van der Waals surface area contributed by atoms with E-state index in [2.05, 4.69) is 15.5 Å². The molecule has 7 heteroatoms. The molecule has 3 rings (SSSR count). The van der Waals surface area contributed by atoms with Crippen molar-refractivity contribution in [3.05, 3.63) is 65.0 Å². The van der Waals surface area contributed by atoms with Crippen molar-refractivity contribution in [3.8, 4) is 0 Å². The second-order valence-electron chi connectivity index (χ2n) is 5.62. The van der Waals surface area contributed by atoms with Gasteiger partial charge in [0.15, 0.2) is 0 Å². The minimum atomic E-state index is -0.267. The van der Waals surface area contributed by atoms with Gasteiger partial charge in [0, 0.05) is 13.2 Å². The Kier molecular flexibility index (Phi) is 4.16. The highest BCUT2D eigenvalue weighted by molar-refractivity contribution is 6.03. The SMILES string of the molecule is Cc1nn(Cc2ccc(F)cc2)c(C)c1NC(=O)c1ccnn1C. The molecule has 124 valence electrons. The summed E-state index contributed by atoms with van der Waals surface area (Å²) >= 11 is 0. The largest absolute Gasteiger partial charge is 0.317 e. The quantitative estimate of drug-likeness (QED) is 0.801. The molecule has 24 heavy (non-hydrogen) atoms. The monoisotopic (exact) mass is 327 g/mol. The minimum absolute atomic E-state index is 0.234. The Balaban J connectivity index is 1.82. The van der Waals surface area contributed by atoms with Crippen molar-refractivity contribution in [1.82, 2.24) is 19.6 Å². The van der Waals surface area contributed by atoms with Crippen LogP contribution in [-0.2, 0) is 13.6 Å². The molecule has 0 saturated carbocycles. The molecule has 6 nitrogen and oxygen atoms in total. The lowest BCUT2D eigenvalue weighted by molar-refractivity contribution is 0.101. The number of hydrogen-bond donors (Lipinski definition) is 1. The summed E-state index contributed by atoms with van der Waals surface area (Å²) in [5.74, 6) is -0.501. The van der Waals surface area contributed by atoms with Gasteiger partial charge in [-0.2, -0.15) is 10.2 Å². The predicted molar refractivity (Wildman–Crippen MR) is 88.4 cm³/mol. The van der Waals surface area contributed by atoms with Gasteiger partial charge in [0.1, 0.15) is 11.5 Å². The number of nitrogens with zero attached hydrogens (tertiary/aromatic N) is 4. The molecule has 3 aromatic rings. The van der Waals surface area contributed by atoms with Gasteiger partial charge < -0.3 is 5.32 Å². The molecule has 0 aliphatic heterocycles. The molecule has 2 heterocycles. The molecular formula is C17H18FN5O. The Bertz CT molecular complexity index is 879. The number of benzene rings is 1. The summed E-state index contributed by atoms with van der Waals surface area (Å²) in [5.41, 5.74) is 3.66. The number of amides is 1. The molecule has 0 aliphatic carbocycles. The van der Waals surface area contributed by atoms with Crippen LogP contribution >= 0.6 is 0 Å². The van der Waals surface area contributed by atoms with Gasteiger partial charge in [0.2, 0.25) is 0 Å². The average Bonchev–Trinajstić information content (AvgIpc) is 3.08. The van der Waals surface area contributed by atoms with Crippen LogP contribution in [0.2, 0.25) is 0 Å². The van der Waals surface area contributed by atoms with Gasteiger partial charge in [0.05, 0.1) is 23.6 Å². The standard InChI is InChI=1S/C17H18FN5O/c1-11-16(20-17(24)15-8-9-19-22(15)3)12(2)23(21-11)10-13-4-6-14(18)7-5-13/h4-9H,10H2,1-3H3,(H,20,24). The van der Waals surface area contributed by atoms with Crippen molar-refractivity contribution in [3.63, 3.8) is 0 Å². The maximum atomic E-state index is 13.0. The predicted octanol–water partition coefficient (Wildman–Crippen LogP) is 2.67. The number of hydrogen-bond acceptors (Lipinski definition) is 3. The highest BCUT2D eigenvalue weighted by Gasteiger charge is 2.17. The van der Waals surface area contributed by atoms with E-state index in [0.29, 0.717) is 17.9 Å². The van der Waals surface area contributed by atoms with Crippen LogP contribution in [0.15, 0.2) is 36.5 Å². The van der Waals surface area contributed by atoms with Crippen molar-refractivity contribution < 1.29 is 9.18 Å². The van der Waals surface area contributed by atoms with Crippen molar-refractivity contribution in [2.45, 2.75) is 20.4 Å². The highest BCUT2D eigenvalue weighted by atomic mass is 19.1. The number of carbonyl (C=O) groups excluding carboxylic acids is 1. The van der Waals surface area contributed by atoms with Gasteiger partial charge in [-0.05, 0) is 37.6 Å². The Morgan fingerprint density at radius 2 is 1.92 bits per heavy atom. The van der Waals surface area contributed by atoms with Crippen LogP contribution in [0.1, 0.15) is 27.4 Å². The molecule has 1 N–H and O–H groups in total. The maximum absolute atomic E-state index is 13.0. The third-order valence-electron chi connectivity index (χ3n) is 3.92. The Hall–Kier alpha value is -2.96. The number of nitrogens with one attached hydrogen (secondary N) is 1. The van der Waals surface area contributed by atoms with E-state index in [1.54, 1.807) is 36.1 Å². The number of carbonyl (C=O) groups is 1. The first-order chi connectivity index (χ1) is 11.5. The van der Waals surface area contributed by atoms with Crippen LogP contribution in [0.5, 0.6) is 0 Å². The maximum Gasteiger partial charge on any atom is 0.274 e. The third-order valence-corrected chi connectivity index (χ3v) is 3.92. The van der Waals surface area contributed by atoms with E-state index in [1.807, 2.05) is 13.8 Å². The van der Waals surface area contributed by atoms with E-state index in [0.717, 1.165) is 17.0 Å². The smallest absolute Gasteiger partial charge is 0.274 e. The number of aryl methyl sites for hydroxylation is 2. The average molecular weight is 327 g/mol. The number of aromatic nitrogens is 4. The molecule has 0 radical (unpaired) electrons. The van der Waals surface area contributed by atoms with Crippen molar-refractivity contribution in [2.24, 2.45) is 7.05 Å². The number of anilines is 1. The van der Waals surface area contributed by atoms with E-state index in [-0.39, 0.29) is 11.7 Å². The second-order valence-corrected chi connectivity index (χ2v) is 5.62. The van der Waals surface area contributed by atoms with Gasteiger partial charge in [-0.25, -0.2) is 4.39 Å². The van der Waals surface area contributed by atoms with Crippen molar-refractivity contribution >= 4 is 11.6 Å². The molecule has 1 amide bonds. The fourth-order valence-electron chi connectivity index (χ4n) is 2.57. The van der Waals surface area contributed by atoms with Gasteiger partial charge in [-0.3, -0.25) is 14.2 Å². The van der Waals surface area contributed by atoms with E-state index in [9.17, 15) is 9.18 Å². The molecule has 0 atom stereocenters.